The predicted molar refractivity (Wildman–Crippen MR) is 55.1 cm³/mol. The highest BCUT2D eigenvalue weighted by Gasteiger charge is 2.06. The Labute approximate surface area is 85.9 Å². The smallest absolute Gasteiger partial charge is 0.306 e. The van der Waals surface area contributed by atoms with Gasteiger partial charge in [-0.3, -0.25) is 4.79 Å². The third-order valence-electron chi connectivity index (χ3n) is 2.10. The fraction of sp³-hybridized carbons (Fsp3) is 0.900. The Morgan fingerprint density at radius 1 is 1.36 bits per heavy atom. The molecule has 0 saturated heterocycles. The molecule has 0 spiro atoms. The summed E-state index contributed by atoms with van der Waals surface area (Å²) in [6.07, 6.45) is 2.63. The molecule has 0 atom stereocenters. The van der Waals surface area contributed by atoms with Gasteiger partial charge in [-0.1, -0.05) is 13.3 Å². The second-order valence-electron chi connectivity index (χ2n) is 3.24. The SMILES string of the molecule is CCCCN(CCO)CCC(=O)OC. The van der Waals surface area contributed by atoms with Crippen LogP contribution in [-0.4, -0.2) is 49.3 Å². The lowest BCUT2D eigenvalue weighted by Gasteiger charge is -2.20. The monoisotopic (exact) mass is 203 g/mol. The molecule has 0 bridgehead atoms. The molecule has 0 saturated carbocycles. The van der Waals surface area contributed by atoms with Crippen LogP contribution in [0.5, 0.6) is 0 Å². The van der Waals surface area contributed by atoms with E-state index >= 15 is 0 Å². The molecule has 0 heterocycles. The van der Waals surface area contributed by atoms with Gasteiger partial charge >= 0.3 is 5.97 Å². The summed E-state index contributed by atoms with van der Waals surface area (Å²) in [6, 6.07) is 0. The van der Waals surface area contributed by atoms with Gasteiger partial charge in [-0.2, -0.15) is 0 Å². The molecule has 0 rings (SSSR count). The topological polar surface area (TPSA) is 49.8 Å². The minimum absolute atomic E-state index is 0.144. The average molecular weight is 203 g/mol. The largest absolute Gasteiger partial charge is 0.469 e. The van der Waals surface area contributed by atoms with Crippen LogP contribution in [0, 0.1) is 0 Å². The van der Waals surface area contributed by atoms with Crippen molar-refractivity contribution in [2.75, 3.05) is 33.4 Å². The third kappa shape index (κ3) is 6.86. The van der Waals surface area contributed by atoms with E-state index in [0.717, 1.165) is 19.4 Å². The van der Waals surface area contributed by atoms with Gasteiger partial charge in [0, 0.05) is 13.1 Å². The summed E-state index contributed by atoms with van der Waals surface area (Å²) in [6.45, 7) is 4.51. The molecule has 0 aliphatic heterocycles. The molecule has 14 heavy (non-hydrogen) atoms. The van der Waals surface area contributed by atoms with Crippen LogP contribution in [0.4, 0.5) is 0 Å². The number of aliphatic hydroxyl groups is 1. The quantitative estimate of drug-likeness (QED) is 0.588. The van der Waals surface area contributed by atoms with E-state index in [0.29, 0.717) is 19.5 Å². The van der Waals surface area contributed by atoms with Crippen molar-refractivity contribution in [3.05, 3.63) is 0 Å². The molecule has 0 aliphatic carbocycles. The van der Waals surface area contributed by atoms with Gasteiger partial charge in [-0.25, -0.2) is 0 Å². The van der Waals surface area contributed by atoms with Gasteiger partial charge in [0.1, 0.15) is 0 Å². The first kappa shape index (κ1) is 13.4. The van der Waals surface area contributed by atoms with Crippen LogP contribution in [0.15, 0.2) is 0 Å². The summed E-state index contributed by atoms with van der Waals surface area (Å²) in [5.41, 5.74) is 0. The van der Waals surface area contributed by atoms with Crippen molar-refractivity contribution in [1.82, 2.24) is 4.90 Å². The predicted octanol–water partition coefficient (Wildman–Crippen LogP) is 0.644. The molecular weight excluding hydrogens is 182 g/mol. The van der Waals surface area contributed by atoms with Crippen molar-refractivity contribution >= 4 is 5.97 Å². The van der Waals surface area contributed by atoms with Crippen molar-refractivity contribution in [2.45, 2.75) is 26.2 Å². The zero-order chi connectivity index (χ0) is 10.8. The summed E-state index contributed by atoms with van der Waals surface area (Å²) >= 11 is 0. The number of nitrogens with zero attached hydrogens (tertiary/aromatic N) is 1. The number of carbonyl (C=O) groups excluding carboxylic acids is 1. The maximum Gasteiger partial charge on any atom is 0.306 e. The van der Waals surface area contributed by atoms with Crippen LogP contribution in [0.2, 0.25) is 0 Å². The number of ether oxygens (including phenoxy) is 1. The van der Waals surface area contributed by atoms with Crippen molar-refractivity contribution in [3.63, 3.8) is 0 Å². The molecule has 0 unspecified atom stereocenters. The molecule has 0 aliphatic rings. The Balaban J connectivity index is 3.66. The number of rotatable bonds is 8. The lowest BCUT2D eigenvalue weighted by atomic mass is 10.3. The summed E-state index contributed by atoms with van der Waals surface area (Å²) in [5.74, 6) is -0.190. The Morgan fingerprint density at radius 3 is 2.57 bits per heavy atom. The van der Waals surface area contributed by atoms with E-state index in [-0.39, 0.29) is 12.6 Å². The number of hydrogen-bond donors (Lipinski definition) is 1. The maximum absolute atomic E-state index is 10.9. The summed E-state index contributed by atoms with van der Waals surface area (Å²) in [7, 11) is 1.39. The van der Waals surface area contributed by atoms with Crippen molar-refractivity contribution in [3.8, 4) is 0 Å². The van der Waals surface area contributed by atoms with E-state index in [1.54, 1.807) is 0 Å². The number of unbranched alkanes of at least 4 members (excludes halogenated alkanes) is 1. The second kappa shape index (κ2) is 8.97. The van der Waals surface area contributed by atoms with E-state index in [2.05, 4.69) is 16.6 Å². The van der Waals surface area contributed by atoms with Gasteiger partial charge in [0.05, 0.1) is 20.1 Å². The van der Waals surface area contributed by atoms with Gasteiger partial charge in [-0.05, 0) is 13.0 Å². The number of carbonyl (C=O) groups is 1. The van der Waals surface area contributed by atoms with Gasteiger partial charge < -0.3 is 14.7 Å². The second-order valence-corrected chi connectivity index (χ2v) is 3.24. The highest BCUT2D eigenvalue weighted by atomic mass is 16.5. The van der Waals surface area contributed by atoms with E-state index in [9.17, 15) is 4.79 Å². The van der Waals surface area contributed by atoms with Crippen LogP contribution in [0.25, 0.3) is 0 Å². The highest BCUT2D eigenvalue weighted by Crippen LogP contribution is 1.97. The van der Waals surface area contributed by atoms with E-state index in [4.69, 9.17) is 5.11 Å². The molecule has 0 radical (unpaired) electrons. The zero-order valence-electron chi connectivity index (χ0n) is 9.16. The molecule has 0 aromatic carbocycles. The Morgan fingerprint density at radius 2 is 2.07 bits per heavy atom. The first-order chi connectivity index (χ1) is 6.74. The average Bonchev–Trinajstić information content (AvgIpc) is 2.21. The van der Waals surface area contributed by atoms with Gasteiger partial charge in [0.25, 0.3) is 0 Å². The standard InChI is InChI=1S/C10H21NO3/c1-3-4-6-11(8-9-12)7-5-10(13)14-2/h12H,3-9H2,1-2H3. The highest BCUT2D eigenvalue weighted by molar-refractivity contribution is 5.69. The molecule has 0 amide bonds. The van der Waals surface area contributed by atoms with Crippen LogP contribution < -0.4 is 0 Å². The number of methoxy groups -OCH3 is 1. The molecule has 0 fully saturated rings. The lowest BCUT2D eigenvalue weighted by molar-refractivity contribution is -0.141. The van der Waals surface area contributed by atoms with Crippen LogP contribution >= 0.6 is 0 Å². The Kier molecular flexibility index (Phi) is 8.57. The first-order valence-electron chi connectivity index (χ1n) is 5.14. The van der Waals surface area contributed by atoms with Gasteiger partial charge in [0.15, 0.2) is 0 Å². The number of aliphatic hydroxyl groups excluding tert-OH is 1. The molecule has 4 nitrogen and oxygen atoms in total. The Hall–Kier alpha value is -0.610. The molecular formula is C10H21NO3. The Bertz CT molecular complexity index is 150. The molecule has 4 heteroatoms. The summed E-state index contributed by atoms with van der Waals surface area (Å²) < 4.78 is 4.56. The first-order valence-corrected chi connectivity index (χ1v) is 5.14. The van der Waals surface area contributed by atoms with Crippen LogP contribution in [0.3, 0.4) is 0 Å². The molecule has 1 N–H and O–H groups in total. The van der Waals surface area contributed by atoms with Crippen molar-refractivity contribution in [1.29, 1.82) is 0 Å². The fourth-order valence-corrected chi connectivity index (χ4v) is 1.21. The van der Waals surface area contributed by atoms with Crippen LogP contribution in [-0.2, 0) is 9.53 Å². The van der Waals surface area contributed by atoms with E-state index in [1.165, 1.54) is 7.11 Å². The number of hydrogen-bond acceptors (Lipinski definition) is 4. The van der Waals surface area contributed by atoms with Gasteiger partial charge in [0.2, 0.25) is 0 Å². The summed E-state index contributed by atoms with van der Waals surface area (Å²) in [5, 5.41) is 8.80. The summed E-state index contributed by atoms with van der Waals surface area (Å²) in [4.78, 5) is 13.0. The minimum Gasteiger partial charge on any atom is -0.469 e. The normalized spacial score (nSPS) is 10.6. The third-order valence-corrected chi connectivity index (χ3v) is 2.10. The molecule has 84 valence electrons. The van der Waals surface area contributed by atoms with E-state index < -0.39 is 0 Å². The van der Waals surface area contributed by atoms with Crippen molar-refractivity contribution < 1.29 is 14.6 Å². The number of esters is 1. The minimum atomic E-state index is -0.190. The van der Waals surface area contributed by atoms with Gasteiger partial charge in [-0.15, -0.1) is 0 Å². The maximum atomic E-state index is 10.9. The van der Waals surface area contributed by atoms with Crippen LogP contribution in [0.1, 0.15) is 26.2 Å². The fourth-order valence-electron chi connectivity index (χ4n) is 1.21. The lowest BCUT2D eigenvalue weighted by Crippen LogP contribution is -2.30. The molecule has 0 aromatic rings. The molecule has 0 aromatic heterocycles. The van der Waals surface area contributed by atoms with Crippen molar-refractivity contribution in [2.24, 2.45) is 0 Å². The van der Waals surface area contributed by atoms with E-state index in [1.807, 2.05) is 0 Å². The zero-order valence-corrected chi connectivity index (χ0v) is 9.16.